The summed E-state index contributed by atoms with van der Waals surface area (Å²) in [5, 5.41) is 4.72. The molecule has 1 N–H and O–H groups in total. The van der Waals surface area contributed by atoms with Crippen molar-refractivity contribution in [3.63, 3.8) is 0 Å². The van der Waals surface area contributed by atoms with Gasteiger partial charge in [0.1, 0.15) is 19.0 Å². The second-order valence-corrected chi connectivity index (χ2v) is 5.87. The Morgan fingerprint density at radius 3 is 2.92 bits per heavy atom. The number of fused-ring (bicyclic) bond motifs is 1. The first kappa shape index (κ1) is 17.4. The van der Waals surface area contributed by atoms with E-state index in [1.807, 2.05) is 18.2 Å². The minimum absolute atomic E-state index is 0.231. The zero-order chi connectivity index (χ0) is 17.6. The number of hydrazone groups is 1. The SMILES string of the molecule is O=C(COc1ccc(Cl)cc1Cl)N/N=C/c1cccc2c1OCCO2. The molecule has 130 valence electrons. The summed E-state index contributed by atoms with van der Waals surface area (Å²) >= 11 is 11.8. The van der Waals surface area contributed by atoms with E-state index in [9.17, 15) is 4.79 Å². The van der Waals surface area contributed by atoms with Crippen LogP contribution in [0.15, 0.2) is 41.5 Å². The molecule has 8 heteroatoms. The van der Waals surface area contributed by atoms with Crippen LogP contribution in [0.4, 0.5) is 0 Å². The Balaban J connectivity index is 1.55. The fourth-order valence-corrected chi connectivity index (χ4v) is 2.60. The summed E-state index contributed by atoms with van der Waals surface area (Å²) in [6, 6.07) is 10.2. The van der Waals surface area contributed by atoms with Crippen LogP contribution in [-0.2, 0) is 4.79 Å². The highest BCUT2D eigenvalue weighted by molar-refractivity contribution is 6.35. The largest absolute Gasteiger partial charge is 0.486 e. The Morgan fingerprint density at radius 2 is 2.08 bits per heavy atom. The molecule has 0 bridgehead atoms. The summed E-state index contributed by atoms with van der Waals surface area (Å²) in [7, 11) is 0. The van der Waals surface area contributed by atoms with Crippen molar-refractivity contribution in [1.82, 2.24) is 5.43 Å². The molecule has 2 aromatic carbocycles. The van der Waals surface area contributed by atoms with E-state index < -0.39 is 5.91 Å². The minimum Gasteiger partial charge on any atom is -0.486 e. The van der Waals surface area contributed by atoms with Crippen LogP contribution in [0.3, 0.4) is 0 Å². The van der Waals surface area contributed by atoms with Crippen molar-refractivity contribution in [3.05, 3.63) is 52.0 Å². The lowest BCUT2D eigenvalue weighted by atomic mass is 10.2. The number of para-hydroxylation sites is 1. The molecule has 0 atom stereocenters. The Hall–Kier alpha value is -2.44. The van der Waals surface area contributed by atoms with Crippen molar-refractivity contribution in [2.24, 2.45) is 5.10 Å². The Bertz CT molecular complexity index is 811. The maximum atomic E-state index is 11.8. The molecule has 1 aliphatic rings. The summed E-state index contributed by atoms with van der Waals surface area (Å²) in [6.45, 7) is 0.750. The third-order valence-electron chi connectivity index (χ3n) is 3.24. The van der Waals surface area contributed by atoms with Gasteiger partial charge in [0.15, 0.2) is 18.1 Å². The van der Waals surface area contributed by atoms with Gasteiger partial charge in [0, 0.05) is 10.6 Å². The first-order valence-corrected chi connectivity index (χ1v) is 8.17. The molecule has 0 unspecified atom stereocenters. The number of carbonyl (C=O) groups excluding carboxylic acids is 1. The topological polar surface area (TPSA) is 69.2 Å². The number of nitrogens with zero attached hydrogens (tertiary/aromatic N) is 1. The van der Waals surface area contributed by atoms with Crippen LogP contribution in [-0.4, -0.2) is 31.9 Å². The van der Waals surface area contributed by atoms with Crippen LogP contribution in [0.5, 0.6) is 17.2 Å². The normalized spacial score (nSPS) is 12.9. The second-order valence-electron chi connectivity index (χ2n) is 5.03. The van der Waals surface area contributed by atoms with Crippen LogP contribution < -0.4 is 19.6 Å². The predicted molar refractivity (Wildman–Crippen MR) is 95.1 cm³/mol. The fraction of sp³-hybridized carbons (Fsp3) is 0.176. The van der Waals surface area contributed by atoms with Crippen molar-refractivity contribution < 1.29 is 19.0 Å². The third-order valence-corrected chi connectivity index (χ3v) is 3.77. The number of ether oxygens (including phenoxy) is 3. The molecule has 0 saturated heterocycles. The van der Waals surface area contributed by atoms with E-state index in [0.717, 1.165) is 0 Å². The number of halogens is 2. The third kappa shape index (κ3) is 4.55. The van der Waals surface area contributed by atoms with Crippen molar-refractivity contribution in [2.75, 3.05) is 19.8 Å². The summed E-state index contributed by atoms with van der Waals surface area (Å²) < 4.78 is 16.4. The number of rotatable bonds is 5. The van der Waals surface area contributed by atoms with Crippen molar-refractivity contribution in [3.8, 4) is 17.2 Å². The number of benzene rings is 2. The number of carbonyl (C=O) groups is 1. The van der Waals surface area contributed by atoms with Gasteiger partial charge < -0.3 is 14.2 Å². The van der Waals surface area contributed by atoms with Gasteiger partial charge in [0.05, 0.1) is 11.2 Å². The number of hydrogen-bond donors (Lipinski definition) is 1. The van der Waals surface area contributed by atoms with Gasteiger partial charge in [0.2, 0.25) is 0 Å². The smallest absolute Gasteiger partial charge is 0.277 e. The van der Waals surface area contributed by atoms with Crippen molar-refractivity contribution >= 4 is 35.3 Å². The van der Waals surface area contributed by atoms with Gasteiger partial charge in [-0.2, -0.15) is 5.10 Å². The molecular weight excluding hydrogens is 367 g/mol. The molecule has 3 rings (SSSR count). The van der Waals surface area contributed by atoms with Crippen molar-refractivity contribution in [2.45, 2.75) is 0 Å². The van der Waals surface area contributed by atoms with Crippen molar-refractivity contribution in [1.29, 1.82) is 0 Å². The molecule has 1 amide bonds. The number of amides is 1. The summed E-state index contributed by atoms with van der Waals surface area (Å²) in [5.74, 6) is 1.20. The molecule has 0 aromatic heterocycles. The first-order chi connectivity index (χ1) is 12.1. The van der Waals surface area contributed by atoms with E-state index in [2.05, 4.69) is 10.5 Å². The van der Waals surface area contributed by atoms with E-state index in [1.54, 1.807) is 12.1 Å². The van der Waals surface area contributed by atoms with E-state index >= 15 is 0 Å². The Labute approximate surface area is 154 Å². The van der Waals surface area contributed by atoms with Gasteiger partial charge in [-0.3, -0.25) is 4.79 Å². The lowest BCUT2D eigenvalue weighted by Gasteiger charge is -2.19. The van der Waals surface area contributed by atoms with Crippen LogP contribution in [0.1, 0.15) is 5.56 Å². The van der Waals surface area contributed by atoms with Gasteiger partial charge in [-0.25, -0.2) is 5.43 Å². The summed E-state index contributed by atoms with van der Waals surface area (Å²) in [6.07, 6.45) is 1.49. The predicted octanol–water partition coefficient (Wildman–Crippen LogP) is 3.29. The standard InChI is InChI=1S/C17H14Cl2N2O4/c18-12-4-5-14(13(19)8-12)25-10-16(22)21-20-9-11-2-1-3-15-17(11)24-7-6-23-15/h1-5,8-9H,6-7,10H2,(H,21,22)/b20-9+. The van der Waals surface area contributed by atoms with Crippen LogP contribution >= 0.6 is 23.2 Å². The van der Waals surface area contributed by atoms with E-state index in [0.29, 0.717) is 46.1 Å². The number of hydrogen-bond acceptors (Lipinski definition) is 5. The van der Waals surface area contributed by atoms with Gasteiger partial charge in [-0.15, -0.1) is 0 Å². The highest BCUT2D eigenvalue weighted by Gasteiger charge is 2.14. The highest BCUT2D eigenvalue weighted by atomic mass is 35.5. The fourth-order valence-electron chi connectivity index (χ4n) is 2.14. The van der Waals surface area contributed by atoms with Gasteiger partial charge >= 0.3 is 0 Å². The summed E-state index contributed by atoms with van der Waals surface area (Å²) in [5.41, 5.74) is 3.09. The lowest BCUT2D eigenvalue weighted by Crippen LogP contribution is -2.24. The highest BCUT2D eigenvalue weighted by Crippen LogP contribution is 2.32. The molecular formula is C17H14Cl2N2O4. The zero-order valence-electron chi connectivity index (χ0n) is 13.0. The van der Waals surface area contributed by atoms with E-state index in [-0.39, 0.29) is 6.61 Å². The van der Waals surface area contributed by atoms with Crippen LogP contribution in [0, 0.1) is 0 Å². The molecule has 2 aromatic rings. The van der Waals surface area contributed by atoms with E-state index in [4.69, 9.17) is 37.4 Å². The molecule has 0 aliphatic carbocycles. The van der Waals surface area contributed by atoms with Gasteiger partial charge in [-0.05, 0) is 30.3 Å². The lowest BCUT2D eigenvalue weighted by molar-refractivity contribution is -0.123. The monoisotopic (exact) mass is 380 g/mol. The molecule has 0 saturated carbocycles. The molecule has 0 fully saturated rings. The Morgan fingerprint density at radius 1 is 1.24 bits per heavy atom. The second kappa shape index (κ2) is 8.09. The first-order valence-electron chi connectivity index (χ1n) is 7.42. The molecule has 1 aliphatic heterocycles. The zero-order valence-corrected chi connectivity index (χ0v) is 14.5. The minimum atomic E-state index is -0.427. The van der Waals surface area contributed by atoms with Gasteiger partial charge in [-0.1, -0.05) is 29.3 Å². The Kier molecular flexibility index (Phi) is 5.63. The molecule has 0 radical (unpaired) electrons. The molecule has 25 heavy (non-hydrogen) atoms. The van der Waals surface area contributed by atoms with Gasteiger partial charge in [0.25, 0.3) is 5.91 Å². The maximum Gasteiger partial charge on any atom is 0.277 e. The van der Waals surface area contributed by atoms with Crippen LogP contribution in [0.25, 0.3) is 0 Å². The average molecular weight is 381 g/mol. The molecule has 6 nitrogen and oxygen atoms in total. The van der Waals surface area contributed by atoms with E-state index in [1.165, 1.54) is 12.3 Å². The summed E-state index contributed by atoms with van der Waals surface area (Å²) in [4.78, 5) is 11.8. The average Bonchev–Trinajstić information content (AvgIpc) is 2.61. The maximum absolute atomic E-state index is 11.8. The molecule has 0 spiro atoms. The quantitative estimate of drug-likeness (QED) is 0.638. The number of nitrogens with one attached hydrogen (secondary N) is 1. The van der Waals surface area contributed by atoms with Crippen LogP contribution in [0.2, 0.25) is 10.0 Å². The molecule has 1 heterocycles.